The predicted molar refractivity (Wildman–Crippen MR) is 138 cm³/mol. The molecule has 0 bridgehead atoms. The van der Waals surface area contributed by atoms with Gasteiger partial charge in [-0.15, -0.1) is 0 Å². The largest absolute Gasteiger partial charge is 0.480 e. The first-order valence-corrected chi connectivity index (χ1v) is 12.8. The van der Waals surface area contributed by atoms with Gasteiger partial charge in [-0.3, -0.25) is 53.2 Å². The number of hydrogen-bond donors (Lipinski definition) is 7. The van der Waals surface area contributed by atoms with Crippen LogP contribution in [0.2, 0.25) is 0 Å². The molecule has 0 radical (unpaired) electrons. The van der Waals surface area contributed by atoms with Crippen molar-refractivity contribution in [2.24, 2.45) is 0 Å². The lowest BCUT2D eigenvalue weighted by Crippen LogP contribution is -2.52. The molecular weight excluding hydrogens is 552 g/mol. The van der Waals surface area contributed by atoms with Crippen LogP contribution in [0.15, 0.2) is 0 Å². The number of hydrogen-bond acceptors (Lipinski definition) is 11. The average Bonchev–Trinajstić information content (AvgIpc) is 2.86. The van der Waals surface area contributed by atoms with Gasteiger partial charge >= 0.3 is 29.8 Å². The number of carboxylic acid groups (broad SMARTS) is 5. The Morgan fingerprint density at radius 1 is 0.537 bits per heavy atom. The Kier molecular flexibility index (Phi) is 15.8. The molecule has 1 saturated heterocycles. The van der Waals surface area contributed by atoms with Crippen molar-refractivity contribution in [3.8, 4) is 0 Å². The molecule has 0 spiro atoms. The van der Waals surface area contributed by atoms with Crippen LogP contribution < -0.4 is 10.6 Å². The summed E-state index contributed by atoms with van der Waals surface area (Å²) in [6.07, 6.45) is -0.469. The summed E-state index contributed by atoms with van der Waals surface area (Å²) in [6.45, 7) is -1.17. The quantitative estimate of drug-likeness (QED) is 0.0959. The lowest BCUT2D eigenvalue weighted by molar-refractivity contribution is -0.145. The van der Waals surface area contributed by atoms with Crippen molar-refractivity contribution in [2.45, 2.75) is 18.9 Å². The monoisotopic (exact) mass is 590 g/mol. The zero-order valence-corrected chi connectivity index (χ0v) is 22.6. The van der Waals surface area contributed by atoms with Crippen LogP contribution in [0.4, 0.5) is 0 Å². The van der Waals surface area contributed by atoms with Gasteiger partial charge in [0.15, 0.2) is 0 Å². The lowest BCUT2D eigenvalue weighted by atomic mass is 10.1. The minimum Gasteiger partial charge on any atom is -0.480 e. The number of carboxylic acids is 5. The molecule has 1 heterocycles. The number of nitrogens with zero attached hydrogens (tertiary/aromatic N) is 4. The van der Waals surface area contributed by atoms with Crippen molar-refractivity contribution in [1.29, 1.82) is 0 Å². The molecule has 0 aromatic rings. The molecule has 0 aromatic heterocycles. The topological polar surface area (TPSA) is 258 Å². The summed E-state index contributed by atoms with van der Waals surface area (Å²) in [7, 11) is 0. The zero-order chi connectivity index (χ0) is 30.9. The Balaban J connectivity index is 3.00. The van der Waals surface area contributed by atoms with E-state index in [1.165, 1.54) is 4.90 Å². The van der Waals surface area contributed by atoms with Crippen LogP contribution in [0.5, 0.6) is 0 Å². The van der Waals surface area contributed by atoms with E-state index in [2.05, 4.69) is 10.6 Å². The highest BCUT2D eigenvalue weighted by atomic mass is 16.4. The average molecular weight is 591 g/mol. The molecule has 41 heavy (non-hydrogen) atoms. The predicted octanol–water partition coefficient (Wildman–Crippen LogP) is -3.99. The molecule has 1 aliphatic rings. The van der Waals surface area contributed by atoms with E-state index in [1.54, 1.807) is 14.7 Å². The molecule has 232 valence electrons. The van der Waals surface area contributed by atoms with Crippen molar-refractivity contribution in [1.82, 2.24) is 30.2 Å². The number of carbonyl (C=O) groups is 7. The molecule has 18 heteroatoms. The molecule has 1 unspecified atom stereocenters. The fourth-order valence-electron chi connectivity index (χ4n) is 4.15. The number of rotatable bonds is 15. The summed E-state index contributed by atoms with van der Waals surface area (Å²) in [5.41, 5.74) is 0. The minimum atomic E-state index is -1.26. The van der Waals surface area contributed by atoms with Gasteiger partial charge in [0.1, 0.15) is 12.6 Å². The van der Waals surface area contributed by atoms with Crippen LogP contribution in [0.1, 0.15) is 12.8 Å². The summed E-state index contributed by atoms with van der Waals surface area (Å²) in [5.74, 6) is -7.24. The molecule has 18 nitrogen and oxygen atoms in total. The maximum Gasteiger partial charge on any atom is 0.322 e. The van der Waals surface area contributed by atoms with Crippen LogP contribution in [0, 0.1) is 0 Å². The second-order valence-corrected chi connectivity index (χ2v) is 9.39. The summed E-state index contributed by atoms with van der Waals surface area (Å²) >= 11 is 0. The molecule has 1 rings (SSSR count). The molecule has 0 saturated carbocycles. The molecular formula is C23H38N6O12. The Bertz CT molecular complexity index is 916. The fourth-order valence-corrected chi connectivity index (χ4v) is 4.15. The molecule has 7 N–H and O–H groups in total. The summed E-state index contributed by atoms with van der Waals surface area (Å²) < 4.78 is 0. The van der Waals surface area contributed by atoms with Crippen LogP contribution in [-0.2, 0) is 33.6 Å². The third kappa shape index (κ3) is 16.1. The third-order valence-corrected chi connectivity index (χ3v) is 6.20. The van der Waals surface area contributed by atoms with Crippen LogP contribution in [0.25, 0.3) is 0 Å². The van der Waals surface area contributed by atoms with Crippen LogP contribution in [-0.4, -0.2) is 178 Å². The van der Waals surface area contributed by atoms with Gasteiger partial charge in [-0.25, -0.2) is 0 Å². The van der Waals surface area contributed by atoms with Crippen LogP contribution in [0.3, 0.4) is 0 Å². The number of carbonyl (C=O) groups excluding carboxylic acids is 2. The second-order valence-electron chi connectivity index (χ2n) is 9.39. The first-order chi connectivity index (χ1) is 19.3. The normalized spacial score (nSPS) is 17.4. The highest BCUT2D eigenvalue weighted by Crippen LogP contribution is 2.10. The molecule has 0 aromatic carbocycles. The summed E-state index contributed by atoms with van der Waals surface area (Å²) in [5, 5.41) is 50.7. The van der Waals surface area contributed by atoms with Gasteiger partial charge in [-0.05, 0) is 6.42 Å². The standard InChI is InChI=1S/C23H38N6O12/c30-17(24-11-18(31)25-12-19(32)33)2-1-16(23(40)41)29-9-7-27(14-21(36)37)5-3-26(13-20(34)35)4-6-28(8-10-29)15-22(38)39/h16H,1-15H2,(H,24,30)(H,25,31)(H,32,33)(H,34,35)(H,36,37)(H,38,39)(H,40,41). The number of aliphatic carboxylic acids is 5. The van der Waals surface area contributed by atoms with Crippen molar-refractivity contribution >= 4 is 41.7 Å². The van der Waals surface area contributed by atoms with E-state index < -0.39 is 60.8 Å². The highest BCUT2D eigenvalue weighted by molar-refractivity contribution is 5.86. The van der Waals surface area contributed by atoms with E-state index in [9.17, 15) is 54.0 Å². The number of nitrogens with one attached hydrogen (secondary N) is 2. The van der Waals surface area contributed by atoms with E-state index >= 15 is 0 Å². The smallest absolute Gasteiger partial charge is 0.322 e. The summed E-state index contributed by atoms with van der Waals surface area (Å²) in [4.78, 5) is 86.8. The molecule has 1 aliphatic heterocycles. The van der Waals surface area contributed by atoms with E-state index in [0.29, 0.717) is 0 Å². The van der Waals surface area contributed by atoms with Crippen molar-refractivity contribution < 1.29 is 59.1 Å². The van der Waals surface area contributed by atoms with Crippen molar-refractivity contribution in [2.75, 3.05) is 85.1 Å². The van der Waals surface area contributed by atoms with E-state index in [4.69, 9.17) is 5.11 Å². The molecule has 1 fully saturated rings. The fraction of sp³-hybridized carbons (Fsp3) is 0.696. The number of amides is 2. The zero-order valence-electron chi connectivity index (χ0n) is 22.6. The second kappa shape index (κ2) is 18.5. The van der Waals surface area contributed by atoms with E-state index in [-0.39, 0.29) is 84.8 Å². The van der Waals surface area contributed by atoms with Gasteiger partial charge in [0, 0.05) is 58.8 Å². The van der Waals surface area contributed by atoms with Gasteiger partial charge in [-0.1, -0.05) is 0 Å². The Morgan fingerprint density at radius 3 is 1.29 bits per heavy atom. The van der Waals surface area contributed by atoms with Crippen molar-refractivity contribution in [3.05, 3.63) is 0 Å². The lowest BCUT2D eigenvalue weighted by Gasteiger charge is -2.35. The minimum absolute atomic E-state index is 0.0588. The maximum atomic E-state index is 12.2. The molecule has 0 aliphatic carbocycles. The van der Waals surface area contributed by atoms with Gasteiger partial charge in [-0.2, -0.15) is 0 Å². The Labute approximate surface area is 235 Å². The van der Waals surface area contributed by atoms with Gasteiger partial charge in [0.05, 0.1) is 26.2 Å². The first-order valence-electron chi connectivity index (χ1n) is 12.8. The van der Waals surface area contributed by atoms with Gasteiger partial charge in [0.2, 0.25) is 11.8 Å². The maximum absolute atomic E-state index is 12.2. The third-order valence-electron chi connectivity index (χ3n) is 6.20. The van der Waals surface area contributed by atoms with Crippen LogP contribution >= 0.6 is 0 Å². The SMILES string of the molecule is O=C(O)CNC(=O)CNC(=O)CCC(C(=O)O)N1CCN(CC(=O)O)CCN(CC(=O)O)CCN(CC(=O)O)CC1. The van der Waals surface area contributed by atoms with Gasteiger partial charge < -0.3 is 36.2 Å². The highest BCUT2D eigenvalue weighted by Gasteiger charge is 2.28. The van der Waals surface area contributed by atoms with Gasteiger partial charge in [0.25, 0.3) is 0 Å². The molecule has 2 amide bonds. The first kappa shape index (κ1) is 35.2. The Hall–Kier alpha value is -3.87. The molecule has 1 atom stereocenters. The van der Waals surface area contributed by atoms with Crippen molar-refractivity contribution in [3.63, 3.8) is 0 Å². The van der Waals surface area contributed by atoms with E-state index in [1.807, 2.05) is 0 Å². The Morgan fingerprint density at radius 2 is 0.927 bits per heavy atom. The van der Waals surface area contributed by atoms with E-state index in [0.717, 1.165) is 0 Å². The summed E-state index contributed by atoms with van der Waals surface area (Å²) in [6, 6.07) is -1.20.